The fourth-order valence-corrected chi connectivity index (χ4v) is 8.92. The van der Waals surface area contributed by atoms with E-state index in [1.54, 1.807) is 12.1 Å². The molecule has 1 aromatic heterocycles. The van der Waals surface area contributed by atoms with Gasteiger partial charge in [0.15, 0.2) is 8.32 Å². The van der Waals surface area contributed by atoms with Crippen LogP contribution in [0, 0.1) is 11.2 Å². The number of aromatic nitrogens is 2. The molecule has 6 heteroatoms. The second-order valence-corrected chi connectivity index (χ2v) is 14.0. The topological polar surface area (TPSA) is 44.1 Å². The van der Waals surface area contributed by atoms with Crippen molar-refractivity contribution in [2.45, 2.75) is 77.1 Å². The van der Waals surface area contributed by atoms with Crippen LogP contribution in [0.5, 0.6) is 0 Å². The molecule has 4 nitrogen and oxygen atoms in total. The van der Waals surface area contributed by atoms with Gasteiger partial charge in [-0.1, -0.05) is 33.3 Å². The minimum Gasteiger partial charge on any atom is -0.410 e. The Labute approximate surface area is 185 Å². The quantitative estimate of drug-likeness (QED) is 0.368. The molecule has 166 valence electrons. The van der Waals surface area contributed by atoms with Crippen LogP contribution in [0.3, 0.4) is 0 Å². The van der Waals surface area contributed by atoms with Crippen molar-refractivity contribution in [3.05, 3.63) is 53.1 Å². The highest BCUT2D eigenvalue weighted by molar-refractivity contribution is 6.73. The van der Waals surface area contributed by atoms with Gasteiger partial charge in [-0.2, -0.15) is 5.10 Å². The third-order valence-corrected chi connectivity index (χ3v) is 12.8. The summed E-state index contributed by atoms with van der Waals surface area (Å²) in [6.45, 7) is 9.02. The highest BCUT2D eigenvalue weighted by Gasteiger charge is 2.58. The van der Waals surface area contributed by atoms with Gasteiger partial charge in [-0.3, -0.25) is 0 Å². The molecule has 4 rings (SSSR count). The maximum Gasteiger partial charge on any atom is 0.192 e. The molecule has 2 aliphatic carbocycles. The third-order valence-electron chi connectivity index (χ3n) is 8.08. The minimum absolute atomic E-state index is 0.213. The van der Waals surface area contributed by atoms with Gasteiger partial charge >= 0.3 is 0 Å². The van der Waals surface area contributed by atoms with Gasteiger partial charge in [0.25, 0.3) is 0 Å². The number of aldehydes is 1. The fraction of sp³-hybridized carbons (Fsp3) is 0.520. The second kappa shape index (κ2) is 8.13. The van der Waals surface area contributed by atoms with Gasteiger partial charge in [-0.05, 0) is 73.3 Å². The maximum atomic E-state index is 13.4. The zero-order valence-electron chi connectivity index (χ0n) is 19.1. The van der Waals surface area contributed by atoms with E-state index in [2.05, 4.69) is 38.9 Å². The molecule has 0 amide bonds. The lowest BCUT2D eigenvalue weighted by Crippen LogP contribution is -2.55. The number of rotatable bonds is 8. The van der Waals surface area contributed by atoms with E-state index in [0.29, 0.717) is 6.42 Å². The number of nitrogens with zero attached hydrogens (tertiary/aromatic N) is 2. The van der Waals surface area contributed by atoms with Crippen LogP contribution in [0.25, 0.3) is 11.8 Å². The van der Waals surface area contributed by atoms with E-state index in [1.807, 2.05) is 10.9 Å². The van der Waals surface area contributed by atoms with Crippen molar-refractivity contribution in [2.75, 3.05) is 0 Å². The molecule has 0 aliphatic heterocycles. The number of hydrogen-bond donors (Lipinski definition) is 0. The maximum absolute atomic E-state index is 13.4. The molecule has 1 aromatic carbocycles. The van der Waals surface area contributed by atoms with Gasteiger partial charge < -0.3 is 9.22 Å². The van der Waals surface area contributed by atoms with E-state index < -0.39 is 13.9 Å². The Morgan fingerprint density at radius 1 is 1.19 bits per heavy atom. The van der Waals surface area contributed by atoms with Gasteiger partial charge in [-0.15, -0.1) is 0 Å². The van der Waals surface area contributed by atoms with E-state index in [-0.39, 0.29) is 11.2 Å². The number of benzene rings is 1. The number of carbonyl (C=O) groups excluding carboxylic acids is 1. The molecule has 0 spiro atoms. The molecule has 1 unspecified atom stereocenters. The van der Waals surface area contributed by atoms with Crippen molar-refractivity contribution in [1.29, 1.82) is 0 Å². The highest BCUT2D eigenvalue weighted by Crippen LogP contribution is 2.59. The average molecular weight is 441 g/mol. The van der Waals surface area contributed by atoms with Crippen LogP contribution in [0.4, 0.5) is 4.39 Å². The van der Waals surface area contributed by atoms with Crippen molar-refractivity contribution in [3.8, 4) is 5.69 Å². The van der Waals surface area contributed by atoms with Crippen LogP contribution >= 0.6 is 0 Å². The summed E-state index contributed by atoms with van der Waals surface area (Å²) in [6.07, 6.45) is 8.30. The van der Waals surface area contributed by atoms with Crippen molar-refractivity contribution in [3.63, 3.8) is 0 Å². The summed E-state index contributed by atoms with van der Waals surface area (Å²) in [7, 11) is -1.90. The normalized spacial score (nSPS) is 25.1. The van der Waals surface area contributed by atoms with E-state index in [4.69, 9.17) is 4.43 Å². The first-order valence-corrected chi connectivity index (χ1v) is 14.1. The molecule has 2 aliphatic rings. The van der Waals surface area contributed by atoms with Crippen LogP contribution in [-0.4, -0.2) is 30.0 Å². The Kier molecular flexibility index (Phi) is 5.81. The van der Waals surface area contributed by atoms with Gasteiger partial charge in [0.2, 0.25) is 0 Å². The lowest BCUT2D eigenvalue weighted by molar-refractivity contribution is -0.115. The molecule has 0 radical (unpaired) electrons. The number of carbonyl (C=O) groups is 1. The van der Waals surface area contributed by atoms with E-state index >= 15 is 0 Å². The standard InChI is InChI=1S/C25H33FN2O2Si/c1-5-31(6-2,7-3)30-25(14-15-29)13-12-20-16-23-19(17-24(20,25)4)18-27-28(23)22-10-8-21(26)9-11-22/h8-11,15-16,18H,5-7,12-14,17H2,1-4H3/t24?,25-/m1/s1. The summed E-state index contributed by atoms with van der Waals surface area (Å²) in [5.74, 6) is -0.252. The smallest absolute Gasteiger partial charge is 0.192 e. The Morgan fingerprint density at radius 3 is 2.48 bits per heavy atom. The predicted molar refractivity (Wildman–Crippen MR) is 124 cm³/mol. The van der Waals surface area contributed by atoms with E-state index in [1.165, 1.54) is 17.7 Å². The molecule has 2 aromatic rings. The molecule has 1 saturated carbocycles. The van der Waals surface area contributed by atoms with Gasteiger partial charge in [-0.25, -0.2) is 9.07 Å². The Hall–Kier alpha value is -2.05. The summed E-state index contributed by atoms with van der Waals surface area (Å²) >= 11 is 0. The molecule has 1 heterocycles. The van der Waals surface area contributed by atoms with E-state index in [0.717, 1.165) is 60.6 Å². The van der Waals surface area contributed by atoms with Crippen molar-refractivity contribution in [1.82, 2.24) is 9.78 Å². The first-order chi connectivity index (χ1) is 14.9. The molecule has 0 N–H and O–H groups in total. The van der Waals surface area contributed by atoms with E-state index in [9.17, 15) is 9.18 Å². The van der Waals surface area contributed by atoms with Gasteiger partial charge in [0, 0.05) is 11.8 Å². The van der Waals surface area contributed by atoms with Crippen LogP contribution in [0.2, 0.25) is 18.1 Å². The molecular weight excluding hydrogens is 407 g/mol. The molecule has 0 bridgehead atoms. The van der Waals surface area contributed by atoms with Crippen molar-refractivity contribution < 1.29 is 13.6 Å². The molecule has 0 saturated heterocycles. The largest absolute Gasteiger partial charge is 0.410 e. The third kappa shape index (κ3) is 3.44. The summed E-state index contributed by atoms with van der Waals surface area (Å²) in [5, 5.41) is 4.62. The monoisotopic (exact) mass is 440 g/mol. The molecule has 2 atom stereocenters. The average Bonchev–Trinajstić information content (AvgIpc) is 3.29. The predicted octanol–water partition coefficient (Wildman–Crippen LogP) is 6.10. The number of fused-ring (bicyclic) bond motifs is 2. The Morgan fingerprint density at radius 2 is 1.87 bits per heavy atom. The molecule has 31 heavy (non-hydrogen) atoms. The van der Waals surface area contributed by atoms with Gasteiger partial charge in [0.1, 0.15) is 12.1 Å². The summed E-state index contributed by atoms with van der Waals surface area (Å²) in [5.41, 5.74) is 3.77. The molecule has 1 fully saturated rings. The lowest BCUT2D eigenvalue weighted by atomic mass is 9.66. The Balaban J connectivity index is 1.76. The first kappa shape index (κ1) is 22.2. The zero-order valence-corrected chi connectivity index (χ0v) is 20.1. The van der Waals surface area contributed by atoms with Crippen LogP contribution in [0.1, 0.15) is 58.2 Å². The summed E-state index contributed by atoms with van der Waals surface area (Å²) in [6, 6.07) is 9.66. The van der Waals surface area contributed by atoms with Crippen molar-refractivity contribution in [2.24, 2.45) is 5.41 Å². The molecular formula is C25H33FN2O2Si. The SMILES string of the molecule is CC[Si](CC)(CC)O[C@@]1(CC=O)CCC2=Cc3c(cnn3-c3ccc(F)cc3)CC21C. The minimum atomic E-state index is -1.90. The Bertz CT molecular complexity index is 987. The first-order valence-electron chi connectivity index (χ1n) is 11.5. The fourth-order valence-electron chi connectivity index (χ4n) is 5.75. The highest BCUT2D eigenvalue weighted by atomic mass is 28.4. The zero-order chi connectivity index (χ0) is 22.3. The second-order valence-electron chi connectivity index (χ2n) is 9.33. The van der Waals surface area contributed by atoms with Crippen LogP contribution in [0.15, 0.2) is 36.0 Å². The lowest BCUT2D eigenvalue weighted by Gasteiger charge is -2.50. The number of hydrogen-bond acceptors (Lipinski definition) is 3. The summed E-state index contributed by atoms with van der Waals surface area (Å²) in [4.78, 5) is 11.9. The van der Waals surface area contributed by atoms with Gasteiger partial charge in [0.05, 0.1) is 23.2 Å². The van der Waals surface area contributed by atoms with Crippen LogP contribution in [-0.2, 0) is 15.6 Å². The van der Waals surface area contributed by atoms with Crippen molar-refractivity contribution >= 4 is 20.7 Å². The number of halogens is 1. The van der Waals surface area contributed by atoms with Crippen LogP contribution < -0.4 is 0 Å². The summed E-state index contributed by atoms with van der Waals surface area (Å²) < 4.78 is 22.5.